The summed E-state index contributed by atoms with van der Waals surface area (Å²) in [5, 5.41) is 12.1. The second kappa shape index (κ2) is 6.01. The van der Waals surface area contributed by atoms with Crippen LogP contribution in [0, 0.1) is 0 Å². The Morgan fingerprint density at radius 3 is 2.77 bits per heavy atom. The first-order chi connectivity index (χ1) is 10.7. The summed E-state index contributed by atoms with van der Waals surface area (Å²) >= 11 is 0. The highest BCUT2D eigenvalue weighted by Gasteiger charge is 2.30. The van der Waals surface area contributed by atoms with Crippen LogP contribution < -0.4 is 10.1 Å². The lowest BCUT2D eigenvalue weighted by atomic mass is 9.76. The fourth-order valence-corrected chi connectivity index (χ4v) is 2.63. The van der Waals surface area contributed by atoms with Gasteiger partial charge in [0.2, 0.25) is 0 Å². The van der Waals surface area contributed by atoms with Gasteiger partial charge in [0.05, 0.1) is 19.5 Å². The maximum Gasteiger partial charge on any atom is 0.356 e. The van der Waals surface area contributed by atoms with Gasteiger partial charge in [-0.25, -0.2) is 14.8 Å². The van der Waals surface area contributed by atoms with E-state index in [4.69, 9.17) is 9.84 Å². The average Bonchev–Trinajstić information content (AvgIpc) is 2.51. The minimum Gasteiger partial charge on any atom is -0.497 e. The molecule has 1 fully saturated rings. The number of nitrogens with zero attached hydrogens (tertiary/aromatic N) is 2. The van der Waals surface area contributed by atoms with Crippen LogP contribution in [0.2, 0.25) is 0 Å². The molecule has 2 aromatic rings. The van der Waals surface area contributed by atoms with Gasteiger partial charge >= 0.3 is 5.97 Å². The zero-order valence-electron chi connectivity index (χ0n) is 12.2. The SMILES string of the molecule is COc1cccc(C2CC(Nc3cnc(C(=O)O)cn3)C2)c1. The molecule has 0 amide bonds. The van der Waals surface area contributed by atoms with Crippen molar-refractivity contribution in [3.8, 4) is 5.75 Å². The van der Waals surface area contributed by atoms with Crippen LogP contribution in [-0.2, 0) is 0 Å². The third-order valence-corrected chi connectivity index (χ3v) is 3.93. The van der Waals surface area contributed by atoms with Gasteiger partial charge in [-0.15, -0.1) is 0 Å². The molecule has 6 heteroatoms. The van der Waals surface area contributed by atoms with Crippen molar-refractivity contribution >= 4 is 11.8 Å². The number of rotatable bonds is 5. The van der Waals surface area contributed by atoms with E-state index >= 15 is 0 Å². The van der Waals surface area contributed by atoms with E-state index in [-0.39, 0.29) is 5.69 Å². The Morgan fingerprint density at radius 2 is 2.14 bits per heavy atom. The standard InChI is InChI=1S/C16H17N3O3/c1-22-13-4-2-3-10(7-13)11-5-12(6-11)19-15-9-17-14(8-18-15)16(20)21/h2-4,7-9,11-12H,5-6H2,1H3,(H,18,19)(H,20,21). The van der Waals surface area contributed by atoms with Crippen LogP contribution in [0.15, 0.2) is 36.7 Å². The molecule has 0 spiro atoms. The number of benzene rings is 1. The third kappa shape index (κ3) is 3.00. The topological polar surface area (TPSA) is 84.3 Å². The lowest BCUT2D eigenvalue weighted by molar-refractivity contribution is 0.0690. The van der Waals surface area contributed by atoms with Gasteiger partial charge in [0.1, 0.15) is 11.6 Å². The lowest BCUT2D eigenvalue weighted by Gasteiger charge is -2.36. The smallest absolute Gasteiger partial charge is 0.356 e. The van der Waals surface area contributed by atoms with Crippen molar-refractivity contribution in [2.45, 2.75) is 24.8 Å². The van der Waals surface area contributed by atoms with E-state index in [1.165, 1.54) is 18.0 Å². The predicted molar refractivity (Wildman–Crippen MR) is 81.4 cm³/mol. The molecule has 1 saturated carbocycles. The van der Waals surface area contributed by atoms with E-state index in [1.54, 1.807) is 7.11 Å². The van der Waals surface area contributed by atoms with Gasteiger partial charge in [0, 0.05) is 6.04 Å². The minimum atomic E-state index is -1.07. The molecule has 22 heavy (non-hydrogen) atoms. The molecule has 1 aromatic carbocycles. The number of ether oxygens (including phenoxy) is 1. The van der Waals surface area contributed by atoms with Crippen molar-refractivity contribution in [3.05, 3.63) is 47.9 Å². The molecule has 1 aromatic heterocycles. The summed E-state index contributed by atoms with van der Waals surface area (Å²) in [6.07, 6.45) is 4.75. The van der Waals surface area contributed by atoms with Gasteiger partial charge in [-0.2, -0.15) is 0 Å². The van der Waals surface area contributed by atoms with Crippen molar-refractivity contribution in [2.24, 2.45) is 0 Å². The number of hydrogen-bond acceptors (Lipinski definition) is 5. The quantitative estimate of drug-likeness (QED) is 0.882. The Labute approximate surface area is 128 Å². The largest absolute Gasteiger partial charge is 0.497 e. The Hall–Kier alpha value is -2.63. The molecule has 0 bridgehead atoms. The van der Waals surface area contributed by atoms with Crippen molar-refractivity contribution in [1.82, 2.24) is 9.97 Å². The fourth-order valence-electron chi connectivity index (χ4n) is 2.63. The van der Waals surface area contributed by atoms with Crippen LogP contribution in [0.25, 0.3) is 0 Å². The summed E-state index contributed by atoms with van der Waals surface area (Å²) in [4.78, 5) is 18.6. The summed E-state index contributed by atoms with van der Waals surface area (Å²) in [7, 11) is 1.67. The molecule has 1 aliphatic carbocycles. The summed E-state index contributed by atoms with van der Waals surface area (Å²) in [5.41, 5.74) is 1.23. The highest BCUT2D eigenvalue weighted by Crippen LogP contribution is 2.39. The number of carbonyl (C=O) groups is 1. The number of nitrogens with one attached hydrogen (secondary N) is 1. The van der Waals surface area contributed by atoms with E-state index in [0.717, 1.165) is 18.6 Å². The molecule has 114 valence electrons. The summed E-state index contributed by atoms with van der Waals surface area (Å²) in [6, 6.07) is 8.47. The maximum absolute atomic E-state index is 10.7. The molecule has 0 aliphatic heterocycles. The summed E-state index contributed by atoms with van der Waals surface area (Å²) in [6.45, 7) is 0. The Bertz CT molecular complexity index is 667. The number of carboxylic acids is 1. The van der Waals surface area contributed by atoms with E-state index < -0.39 is 5.97 Å². The van der Waals surface area contributed by atoms with E-state index in [1.807, 2.05) is 12.1 Å². The van der Waals surface area contributed by atoms with Gasteiger partial charge in [0.25, 0.3) is 0 Å². The van der Waals surface area contributed by atoms with Gasteiger partial charge in [-0.3, -0.25) is 0 Å². The second-order valence-electron chi connectivity index (χ2n) is 5.38. The zero-order valence-corrected chi connectivity index (χ0v) is 12.2. The average molecular weight is 299 g/mol. The molecular formula is C16H17N3O3. The van der Waals surface area contributed by atoms with Gasteiger partial charge in [-0.1, -0.05) is 12.1 Å². The molecule has 1 aliphatic rings. The molecule has 3 rings (SSSR count). The summed E-state index contributed by atoms with van der Waals surface area (Å²) < 4.78 is 5.24. The van der Waals surface area contributed by atoms with Crippen LogP contribution in [-0.4, -0.2) is 34.2 Å². The molecule has 0 saturated heterocycles. The van der Waals surface area contributed by atoms with E-state index in [0.29, 0.717) is 17.8 Å². The monoisotopic (exact) mass is 299 g/mol. The van der Waals surface area contributed by atoms with Crippen molar-refractivity contribution in [2.75, 3.05) is 12.4 Å². The fraction of sp³-hybridized carbons (Fsp3) is 0.312. The Balaban J connectivity index is 1.56. The van der Waals surface area contributed by atoms with Gasteiger partial charge < -0.3 is 15.2 Å². The molecule has 0 atom stereocenters. The normalized spacial score (nSPS) is 20.0. The molecular weight excluding hydrogens is 282 g/mol. The molecule has 2 N–H and O–H groups in total. The zero-order chi connectivity index (χ0) is 15.5. The molecule has 0 unspecified atom stereocenters. The van der Waals surface area contributed by atoms with Crippen LogP contribution in [0.4, 0.5) is 5.82 Å². The minimum absolute atomic E-state index is 0.0478. The van der Waals surface area contributed by atoms with Crippen LogP contribution in [0.3, 0.4) is 0 Å². The van der Waals surface area contributed by atoms with Crippen LogP contribution in [0.5, 0.6) is 5.75 Å². The first-order valence-electron chi connectivity index (χ1n) is 7.11. The maximum atomic E-state index is 10.7. The number of aromatic carboxylic acids is 1. The van der Waals surface area contributed by atoms with Crippen molar-refractivity contribution in [1.29, 1.82) is 0 Å². The van der Waals surface area contributed by atoms with E-state index in [2.05, 4.69) is 27.4 Å². The number of anilines is 1. The van der Waals surface area contributed by atoms with Gasteiger partial charge in [-0.05, 0) is 36.5 Å². The van der Waals surface area contributed by atoms with Crippen molar-refractivity contribution < 1.29 is 14.6 Å². The van der Waals surface area contributed by atoms with Crippen LogP contribution >= 0.6 is 0 Å². The first-order valence-corrected chi connectivity index (χ1v) is 7.11. The highest BCUT2D eigenvalue weighted by atomic mass is 16.5. The Kier molecular flexibility index (Phi) is 3.91. The molecule has 1 heterocycles. The number of hydrogen-bond donors (Lipinski definition) is 2. The van der Waals surface area contributed by atoms with E-state index in [9.17, 15) is 4.79 Å². The van der Waals surface area contributed by atoms with Crippen molar-refractivity contribution in [3.63, 3.8) is 0 Å². The predicted octanol–water partition coefficient (Wildman–Crippen LogP) is 2.54. The lowest BCUT2D eigenvalue weighted by Crippen LogP contribution is -2.34. The Morgan fingerprint density at radius 1 is 1.32 bits per heavy atom. The third-order valence-electron chi connectivity index (χ3n) is 3.93. The highest BCUT2D eigenvalue weighted by molar-refractivity contribution is 5.84. The second-order valence-corrected chi connectivity index (χ2v) is 5.38. The van der Waals surface area contributed by atoms with Crippen LogP contribution in [0.1, 0.15) is 34.8 Å². The summed E-state index contributed by atoms with van der Waals surface area (Å²) in [5.74, 6) is 0.933. The van der Waals surface area contributed by atoms with Gasteiger partial charge in [0.15, 0.2) is 5.69 Å². The number of aromatic nitrogens is 2. The molecule has 0 radical (unpaired) electrons. The number of methoxy groups -OCH3 is 1. The number of carboxylic acid groups (broad SMARTS) is 1. The molecule has 6 nitrogen and oxygen atoms in total. The first kappa shape index (κ1) is 14.3.